The van der Waals surface area contributed by atoms with Crippen LogP contribution >= 0.6 is 46.1 Å². The molecule has 4 nitrogen and oxygen atoms in total. The minimum Gasteiger partial charge on any atom is -0.288 e. The molecule has 0 bridgehead atoms. The fourth-order valence-corrected chi connectivity index (χ4v) is 4.18. The molecule has 1 amide bonds. The number of hydrogen-bond acceptors (Lipinski definition) is 4. The van der Waals surface area contributed by atoms with Crippen molar-refractivity contribution >= 4 is 63.0 Å². The highest BCUT2D eigenvalue weighted by atomic mass is 35.5. The minimum atomic E-state index is -4.92. The zero-order valence-electron chi connectivity index (χ0n) is 14.9. The highest BCUT2D eigenvalue weighted by Gasteiger charge is 2.41. The van der Waals surface area contributed by atoms with Gasteiger partial charge in [0, 0.05) is 28.2 Å². The second-order valence-corrected chi connectivity index (χ2v) is 8.26. The molecule has 0 radical (unpaired) electrons. The number of ketones is 1. The van der Waals surface area contributed by atoms with Crippen LogP contribution in [-0.4, -0.2) is 23.7 Å². The molecule has 156 valence electrons. The molecule has 0 unspecified atom stereocenters. The predicted octanol–water partition coefficient (Wildman–Crippen LogP) is 6.63. The van der Waals surface area contributed by atoms with Gasteiger partial charge in [-0.05, 0) is 36.4 Å². The van der Waals surface area contributed by atoms with Gasteiger partial charge in [0.15, 0.2) is 10.8 Å². The summed E-state index contributed by atoms with van der Waals surface area (Å²) in [4.78, 5) is 29.2. The summed E-state index contributed by atoms with van der Waals surface area (Å²) >= 11 is 18.1. The van der Waals surface area contributed by atoms with E-state index in [9.17, 15) is 22.8 Å². The zero-order valence-corrected chi connectivity index (χ0v) is 18.0. The quantitative estimate of drug-likeness (QED) is 0.383. The van der Waals surface area contributed by atoms with E-state index in [-0.39, 0.29) is 31.3 Å². The molecule has 0 aliphatic carbocycles. The summed E-state index contributed by atoms with van der Waals surface area (Å²) < 4.78 is 40.7. The monoisotopic (exact) mass is 492 g/mol. The van der Waals surface area contributed by atoms with Gasteiger partial charge in [-0.25, -0.2) is 4.98 Å². The van der Waals surface area contributed by atoms with Crippen LogP contribution in [0.4, 0.5) is 18.3 Å². The highest BCUT2D eigenvalue weighted by Crippen LogP contribution is 2.39. The number of halogens is 6. The summed E-state index contributed by atoms with van der Waals surface area (Å²) in [6, 6.07) is 9.74. The molecule has 0 spiro atoms. The van der Waals surface area contributed by atoms with Gasteiger partial charge < -0.3 is 0 Å². The molecule has 0 saturated heterocycles. The molecule has 0 atom stereocenters. The molecule has 0 N–H and O–H groups in total. The number of nitrogens with zero attached hydrogens (tertiary/aromatic N) is 2. The Bertz CT molecular complexity index is 1150. The molecule has 1 heterocycles. The van der Waals surface area contributed by atoms with E-state index in [1.807, 2.05) is 0 Å². The maximum atomic E-state index is 13.6. The lowest BCUT2D eigenvalue weighted by atomic mass is 10.1. The summed E-state index contributed by atoms with van der Waals surface area (Å²) in [5, 5.41) is 0.113. The number of hydrogen-bond donors (Lipinski definition) is 0. The summed E-state index contributed by atoms with van der Waals surface area (Å²) in [5.74, 6) is -1.61. The Morgan fingerprint density at radius 2 is 1.70 bits per heavy atom. The lowest BCUT2D eigenvalue weighted by Gasteiger charge is -2.13. The summed E-state index contributed by atoms with van der Waals surface area (Å²) in [7, 11) is 1.26. The number of aromatic nitrogens is 1. The first-order valence-corrected chi connectivity index (χ1v) is 10.1. The van der Waals surface area contributed by atoms with Crippen molar-refractivity contribution in [2.75, 3.05) is 11.9 Å². The molecule has 0 fully saturated rings. The van der Waals surface area contributed by atoms with Crippen molar-refractivity contribution in [2.24, 2.45) is 0 Å². The van der Waals surface area contributed by atoms with Crippen LogP contribution in [0, 0.1) is 0 Å². The summed E-state index contributed by atoms with van der Waals surface area (Å²) in [5.41, 5.74) is -1.41. The van der Waals surface area contributed by atoms with Gasteiger partial charge in [-0.15, -0.1) is 0 Å². The number of anilines is 1. The third kappa shape index (κ3) is 4.62. The van der Waals surface area contributed by atoms with Crippen LogP contribution < -0.4 is 4.90 Å². The lowest BCUT2D eigenvalue weighted by Crippen LogP contribution is -2.26. The number of alkyl halides is 3. The maximum absolute atomic E-state index is 13.6. The van der Waals surface area contributed by atoms with Crippen molar-refractivity contribution in [3.8, 4) is 0 Å². The SMILES string of the molecule is CN(C(=O)c1cccc(Cl)c1)c1nc(C(F)(F)F)c(C(=O)c2ccc(Cl)cc2Cl)s1. The molecule has 2 aromatic carbocycles. The third-order valence-electron chi connectivity index (χ3n) is 3.93. The van der Waals surface area contributed by atoms with E-state index in [1.165, 1.54) is 43.4 Å². The molecule has 0 aliphatic rings. The van der Waals surface area contributed by atoms with E-state index in [0.29, 0.717) is 11.3 Å². The number of carbonyl (C=O) groups excluding carboxylic acids is 2. The zero-order chi connectivity index (χ0) is 22.2. The fourth-order valence-electron chi connectivity index (χ4n) is 2.50. The smallest absolute Gasteiger partial charge is 0.288 e. The second-order valence-electron chi connectivity index (χ2n) is 6.00. The van der Waals surface area contributed by atoms with E-state index in [4.69, 9.17) is 34.8 Å². The molecular formula is C19H10Cl3F3N2O2S. The standard InChI is InChI=1S/C19H10Cl3F3N2O2S/c1-27(17(29)9-3-2-4-10(20)7-9)18-26-16(19(23,24)25)15(30-18)14(28)12-6-5-11(21)8-13(12)22/h2-8H,1H3. The van der Waals surface area contributed by atoms with Gasteiger partial charge in [-0.2, -0.15) is 13.2 Å². The van der Waals surface area contributed by atoms with Gasteiger partial charge in [0.1, 0.15) is 4.88 Å². The lowest BCUT2D eigenvalue weighted by molar-refractivity contribution is -0.140. The number of carbonyl (C=O) groups is 2. The van der Waals surface area contributed by atoms with Gasteiger partial charge in [-0.3, -0.25) is 14.5 Å². The van der Waals surface area contributed by atoms with Crippen molar-refractivity contribution < 1.29 is 22.8 Å². The first-order chi connectivity index (χ1) is 14.0. The molecule has 11 heteroatoms. The van der Waals surface area contributed by atoms with Crippen LogP contribution in [0.25, 0.3) is 0 Å². The van der Waals surface area contributed by atoms with E-state index in [2.05, 4.69) is 4.98 Å². The molecular weight excluding hydrogens is 484 g/mol. The average Bonchev–Trinajstić information content (AvgIpc) is 3.12. The Morgan fingerprint density at radius 3 is 2.30 bits per heavy atom. The Hall–Kier alpha value is -2.13. The summed E-state index contributed by atoms with van der Waals surface area (Å²) in [6.45, 7) is 0. The van der Waals surface area contributed by atoms with Crippen LogP contribution in [0.1, 0.15) is 31.3 Å². The first kappa shape index (κ1) is 22.6. The van der Waals surface area contributed by atoms with Crippen LogP contribution in [-0.2, 0) is 6.18 Å². The van der Waals surface area contributed by atoms with Crippen molar-refractivity contribution in [1.82, 2.24) is 4.98 Å². The van der Waals surface area contributed by atoms with E-state index in [1.54, 1.807) is 6.07 Å². The average molecular weight is 494 g/mol. The normalized spacial score (nSPS) is 11.4. The Morgan fingerprint density at radius 1 is 1.03 bits per heavy atom. The molecule has 30 heavy (non-hydrogen) atoms. The maximum Gasteiger partial charge on any atom is 0.435 e. The van der Waals surface area contributed by atoms with Crippen molar-refractivity contribution in [1.29, 1.82) is 0 Å². The van der Waals surface area contributed by atoms with Gasteiger partial charge in [-0.1, -0.05) is 52.2 Å². The predicted molar refractivity (Wildman–Crippen MR) is 111 cm³/mol. The van der Waals surface area contributed by atoms with Gasteiger partial charge in [0.05, 0.1) is 5.02 Å². The largest absolute Gasteiger partial charge is 0.435 e. The van der Waals surface area contributed by atoms with Gasteiger partial charge >= 0.3 is 6.18 Å². The Kier molecular flexibility index (Phi) is 6.43. The van der Waals surface area contributed by atoms with E-state index < -0.39 is 28.4 Å². The highest BCUT2D eigenvalue weighted by molar-refractivity contribution is 7.18. The molecule has 0 aliphatic heterocycles. The van der Waals surface area contributed by atoms with Crippen LogP contribution in [0.3, 0.4) is 0 Å². The number of rotatable bonds is 4. The first-order valence-electron chi connectivity index (χ1n) is 8.10. The Labute approximate surface area is 187 Å². The molecule has 3 rings (SSSR count). The Balaban J connectivity index is 2.05. The van der Waals surface area contributed by atoms with E-state index in [0.717, 1.165) is 4.90 Å². The van der Waals surface area contributed by atoms with Crippen LogP contribution in [0.15, 0.2) is 42.5 Å². The topological polar surface area (TPSA) is 50.3 Å². The second kappa shape index (κ2) is 8.55. The fraction of sp³-hybridized carbons (Fsp3) is 0.105. The van der Waals surface area contributed by atoms with E-state index >= 15 is 0 Å². The number of benzene rings is 2. The van der Waals surface area contributed by atoms with Crippen LogP contribution in [0.2, 0.25) is 15.1 Å². The van der Waals surface area contributed by atoms with Crippen molar-refractivity contribution in [3.63, 3.8) is 0 Å². The van der Waals surface area contributed by atoms with Crippen LogP contribution in [0.5, 0.6) is 0 Å². The van der Waals surface area contributed by atoms with Crippen molar-refractivity contribution in [3.05, 3.63) is 79.2 Å². The molecule has 3 aromatic rings. The molecule has 0 saturated carbocycles. The van der Waals surface area contributed by atoms with Crippen molar-refractivity contribution in [2.45, 2.75) is 6.18 Å². The molecule has 1 aromatic heterocycles. The number of amides is 1. The minimum absolute atomic E-state index is 0.0982. The van der Waals surface area contributed by atoms with Gasteiger partial charge in [0.25, 0.3) is 5.91 Å². The summed E-state index contributed by atoms with van der Waals surface area (Å²) in [6.07, 6.45) is -4.92. The number of thiazole rings is 1. The third-order valence-corrected chi connectivity index (χ3v) is 5.84. The van der Waals surface area contributed by atoms with Gasteiger partial charge in [0.2, 0.25) is 5.78 Å².